The minimum atomic E-state index is -3.33. The zero-order chi connectivity index (χ0) is 14.8. The number of carbonyl (C=O) groups is 1. The molecule has 2 rings (SSSR count). The topological polar surface area (TPSA) is 76.4 Å². The fourth-order valence-electron chi connectivity index (χ4n) is 1.52. The Kier molecular flexibility index (Phi) is 4.15. The highest BCUT2D eigenvalue weighted by Crippen LogP contribution is 2.18. The van der Waals surface area contributed by atoms with Crippen molar-refractivity contribution in [2.75, 3.05) is 10.5 Å². The third-order valence-corrected chi connectivity index (χ3v) is 4.11. The fraction of sp³-hybridized carbons (Fsp3) is 0.154. The summed E-state index contributed by atoms with van der Waals surface area (Å²) in [5.41, 5.74) is 0.788. The molecular weight excluding hydrogens is 302 g/mol. The molecule has 1 aromatic carbocycles. The lowest BCUT2D eigenvalue weighted by Gasteiger charge is -2.06. The summed E-state index contributed by atoms with van der Waals surface area (Å²) in [7, 11) is -3.33. The normalized spacial score (nSPS) is 11.3. The van der Waals surface area contributed by atoms with Crippen LogP contribution >= 0.6 is 11.6 Å². The Hall–Kier alpha value is -1.79. The second-order valence-corrected chi connectivity index (χ2v) is 6.40. The minimum Gasteiger partial charge on any atom is -0.441 e. The van der Waals surface area contributed by atoms with Crippen LogP contribution in [-0.2, 0) is 10.0 Å². The van der Waals surface area contributed by atoms with Crippen molar-refractivity contribution in [3.63, 3.8) is 0 Å². The SMILES string of the molecule is CCS(=O)(=O)Nc1ccc(C(=O)c2ccc(Cl)o2)cc1. The van der Waals surface area contributed by atoms with Crippen LogP contribution in [0.25, 0.3) is 0 Å². The number of sulfonamides is 1. The molecule has 0 unspecified atom stereocenters. The molecule has 0 radical (unpaired) electrons. The molecular formula is C13H12ClNO4S. The maximum Gasteiger partial charge on any atom is 0.232 e. The van der Waals surface area contributed by atoms with Gasteiger partial charge in [0.1, 0.15) is 0 Å². The van der Waals surface area contributed by atoms with Gasteiger partial charge in [0.05, 0.1) is 5.75 Å². The molecule has 0 amide bonds. The van der Waals surface area contributed by atoms with Crippen LogP contribution < -0.4 is 4.72 Å². The van der Waals surface area contributed by atoms with E-state index >= 15 is 0 Å². The molecule has 0 aliphatic carbocycles. The van der Waals surface area contributed by atoms with E-state index in [0.29, 0.717) is 11.3 Å². The maximum atomic E-state index is 12.0. The van der Waals surface area contributed by atoms with Crippen molar-refractivity contribution in [2.24, 2.45) is 0 Å². The first-order chi connectivity index (χ1) is 9.41. The quantitative estimate of drug-likeness (QED) is 0.861. The Balaban J connectivity index is 2.18. The lowest BCUT2D eigenvalue weighted by molar-refractivity contribution is 0.101. The third kappa shape index (κ3) is 3.40. The van der Waals surface area contributed by atoms with Crippen molar-refractivity contribution < 1.29 is 17.6 Å². The summed E-state index contributed by atoms with van der Waals surface area (Å²) in [5.74, 6) is -0.197. The van der Waals surface area contributed by atoms with E-state index in [0.717, 1.165) is 0 Å². The zero-order valence-electron chi connectivity index (χ0n) is 10.6. The molecule has 0 aliphatic rings. The van der Waals surface area contributed by atoms with Crippen LogP contribution in [0.3, 0.4) is 0 Å². The van der Waals surface area contributed by atoms with Crippen molar-refractivity contribution in [1.29, 1.82) is 0 Å². The number of nitrogens with one attached hydrogen (secondary N) is 1. The number of benzene rings is 1. The molecule has 0 spiro atoms. The first-order valence-electron chi connectivity index (χ1n) is 5.82. The van der Waals surface area contributed by atoms with Crippen LogP contribution in [0, 0.1) is 0 Å². The van der Waals surface area contributed by atoms with Crippen LogP contribution in [0.15, 0.2) is 40.8 Å². The summed E-state index contributed by atoms with van der Waals surface area (Å²) in [6, 6.07) is 9.05. The predicted molar refractivity (Wildman–Crippen MR) is 76.7 cm³/mol. The average molecular weight is 314 g/mol. The molecule has 106 valence electrons. The van der Waals surface area contributed by atoms with Gasteiger partial charge in [0.2, 0.25) is 15.8 Å². The van der Waals surface area contributed by atoms with E-state index in [1.165, 1.54) is 36.4 Å². The van der Waals surface area contributed by atoms with E-state index in [1.54, 1.807) is 6.92 Å². The van der Waals surface area contributed by atoms with E-state index in [1.807, 2.05) is 0 Å². The van der Waals surface area contributed by atoms with Gasteiger partial charge in [-0.3, -0.25) is 9.52 Å². The van der Waals surface area contributed by atoms with Crippen molar-refractivity contribution >= 4 is 33.1 Å². The lowest BCUT2D eigenvalue weighted by Crippen LogP contribution is -2.14. The number of anilines is 1. The largest absolute Gasteiger partial charge is 0.441 e. The Morgan fingerprint density at radius 2 is 1.85 bits per heavy atom. The van der Waals surface area contributed by atoms with Gasteiger partial charge in [-0.25, -0.2) is 8.42 Å². The van der Waals surface area contributed by atoms with E-state index in [9.17, 15) is 13.2 Å². The third-order valence-electron chi connectivity index (χ3n) is 2.60. The van der Waals surface area contributed by atoms with Crippen LogP contribution in [-0.4, -0.2) is 20.0 Å². The van der Waals surface area contributed by atoms with Gasteiger partial charge in [0.25, 0.3) is 0 Å². The molecule has 1 heterocycles. The number of halogens is 1. The molecule has 0 saturated heterocycles. The van der Waals surface area contributed by atoms with Gasteiger partial charge in [0.15, 0.2) is 11.0 Å². The molecule has 0 saturated carbocycles. The predicted octanol–water partition coefficient (Wildman–Crippen LogP) is 2.93. The summed E-state index contributed by atoms with van der Waals surface area (Å²) in [6.45, 7) is 1.54. The van der Waals surface area contributed by atoms with Crippen molar-refractivity contribution in [1.82, 2.24) is 0 Å². The van der Waals surface area contributed by atoms with Crippen molar-refractivity contribution in [3.05, 3.63) is 52.9 Å². The van der Waals surface area contributed by atoms with Crippen molar-refractivity contribution in [2.45, 2.75) is 6.92 Å². The smallest absolute Gasteiger partial charge is 0.232 e. The first kappa shape index (κ1) is 14.6. The Morgan fingerprint density at radius 1 is 1.20 bits per heavy atom. The van der Waals surface area contributed by atoms with Crippen LogP contribution in [0.1, 0.15) is 23.0 Å². The molecule has 5 nitrogen and oxygen atoms in total. The molecule has 1 aromatic heterocycles. The van der Waals surface area contributed by atoms with E-state index in [4.69, 9.17) is 16.0 Å². The highest BCUT2D eigenvalue weighted by molar-refractivity contribution is 7.92. The van der Waals surface area contributed by atoms with Gasteiger partial charge in [0, 0.05) is 11.3 Å². The van der Waals surface area contributed by atoms with Gasteiger partial charge in [-0.05, 0) is 54.9 Å². The summed E-state index contributed by atoms with van der Waals surface area (Å²) >= 11 is 5.61. The molecule has 0 atom stereocenters. The maximum absolute atomic E-state index is 12.0. The Labute approximate surface area is 121 Å². The zero-order valence-corrected chi connectivity index (χ0v) is 12.2. The molecule has 20 heavy (non-hydrogen) atoms. The van der Waals surface area contributed by atoms with Gasteiger partial charge < -0.3 is 4.42 Å². The van der Waals surface area contributed by atoms with E-state index in [2.05, 4.69) is 4.72 Å². The summed E-state index contributed by atoms with van der Waals surface area (Å²) in [6.07, 6.45) is 0. The van der Waals surface area contributed by atoms with Gasteiger partial charge >= 0.3 is 0 Å². The second kappa shape index (κ2) is 5.68. The molecule has 0 bridgehead atoms. The van der Waals surface area contributed by atoms with Crippen LogP contribution in [0.4, 0.5) is 5.69 Å². The number of hydrogen-bond acceptors (Lipinski definition) is 4. The second-order valence-electron chi connectivity index (χ2n) is 4.02. The minimum absolute atomic E-state index is 0.0153. The van der Waals surface area contributed by atoms with Gasteiger partial charge in [-0.2, -0.15) is 0 Å². The molecule has 0 aliphatic heterocycles. The van der Waals surface area contributed by atoms with Crippen LogP contribution in [0.2, 0.25) is 5.22 Å². The molecule has 7 heteroatoms. The molecule has 1 N–H and O–H groups in total. The highest BCUT2D eigenvalue weighted by atomic mass is 35.5. The number of hydrogen-bond donors (Lipinski definition) is 1. The Morgan fingerprint density at radius 3 is 2.35 bits per heavy atom. The lowest BCUT2D eigenvalue weighted by atomic mass is 10.1. The number of ketones is 1. The molecule has 0 fully saturated rings. The standard InChI is InChI=1S/C13H12ClNO4S/c1-2-20(17,18)15-10-5-3-9(4-6-10)13(16)11-7-8-12(14)19-11/h3-8,15H,2H2,1H3. The fourth-order valence-corrected chi connectivity index (χ4v) is 2.31. The summed E-state index contributed by atoms with van der Waals surface area (Å²) < 4.78 is 30.2. The monoisotopic (exact) mass is 313 g/mol. The summed E-state index contributed by atoms with van der Waals surface area (Å²) in [5, 5.41) is 0.140. The number of furan rings is 1. The average Bonchev–Trinajstić information content (AvgIpc) is 2.85. The van der Waals surface area contributed by atoms with Gasteiger partial charge in [-0.1, -0.05) is 0 Å². The summed E-state index contributed by atoms with van der Waals surface area (Å²) in [4.78, 5) is 12.0. The van der Waals surface area contributed by atoms with Gasteiger partial charge in [-0.15, -0.1) is 0 Å². The molecule has 2 aromatic rings. The van der Waals surface area contributed by atoms with Crippen LogP contribution in [0.5, 0.6) is 0 Å². The number of carbonyl (C=O) groups excluding carboxylic acids is 1. The Bertz CT molecular complexity index is 719. The number of rotatable bonds is 5. The van der Waals surface area contributed by atoms with Crippen molar-refractivity contribution in [3.8, 4) is 0 Å². The first-order valence-corrected chi connectivity index (χ1v) is 7.85. The highest BCUT2D eigenvalue weighted by Gasteiger charge is 2.14. The van der Waals surface area contributed by atoms with E-state index in [-0.39, 0.29) is 22.5 Å². The van der Waals surface area contributed by atoms with E-state index < -0.39 is 10.0 Å².